The number of benzene rings is 1. The fourth-order valence-electron chi connectivity index (χ4n) is 3.23. The first-order chi connectivity index (χ1) is 12.6. The van der Waals surface area contributed by atoms with Crippen LogP contribution in [0.2, 0.25) is 0 Å². The average Bonchev–Trinajstić information content (AvgIpc) is 2.55. The van der Waals surface area contributed by atoms with E-state index in [1.165, 1.54) is 6.20 Å². The second-order valence-electron chi connectivity index (χ2n) is 7.60. The van der Waals surface area contributed by atoms with Crippen molar-refractivity contribution in [3.63, 3.8) is 0 Å². The SMILES string of the molecule is CCOC(=O)c1cn2c3c(cc(C)cc3c1=O)N(C(=O)OC(C)(C)C)CC2. The first-order valence-electron chi connectivity index (χ1n) is 8.98. The lowest BCUT2D eigenvalue weighted by molar-refractivity contribution is 0.0521. The van der Waals surface area contributed by atoms with Crippen LogP contribution >= 0.6 is 0 Å². The van der Waals surface area contributed by atoms with Gasteiger partial charge in [-0.15, -0.1) is 0 Å². The van der Waals surface area contributed by atoms with Crippen LogP contribution in [0.3, 0.4) is 0 Å². The summed E-state index contributed by atoms with van der Waals surface area (Å²) in [4.78, 5) is 39.3. The molecule has 1 aliphatic rings. The zero-order valence-electron chi connectivity index (χ0n) is 16.3. The minimum atomic E-state index is -0.634. The van der Waals surface area contributed by atoms with Gasteiger partial charge in [-0.1, -0.05) is 0 Å². The summed E-state index contributed by atoms with van der Waals surface area (Å²) in [6.45, 7) is 9.99. The molecule has 0 aliphatic carbocycles. The van der Waals surface area contributed by atoms with Gasteiger partial charge in [-0.3, -0.25) is 9.69 Å². The van der Waals surface area contributed by atoms with Gasteiger partial charge in [0.2, 0.25) is 5.43 Å². The predicted octanol–water partition coefficient (Wildman–Crippen LogP) is 3.24. The molecule has 144 valence electrons. The van der Waals surface area contributed by atoms with Crippen LogP contribution < -0.4 is 10.3 Å². The minimum absolute atomic E-state index is 0.00613. The largest absolute Gasteiger partial charge is 0.462 e. The zero-order valence-corrected chi connectivity index (χ0v) is 16.3. The van der Waals surface area contributed by atoms with E-state index >= 15 is 0 Å². The summed E-state index contributed by atoms with van der Waals surface area (Å²) in [5.74, 6) is -0.634. The van der Waals surface area contributed by atoms with E-state index in [1.807, 2.05) is 38.3 Å². The lowest BCUT2D eigenvalue weighted by Crippen LogP contribution is -2.41. The summed E-state index contributed by atoms with van der Waals surface area (Å²) in [5, 5.41) is 0.392. The van der Waals surface area contributed by atoms with E-state index in [-0.39, 0.29) is 12.2 Å². The smallest absolute Gasteiger partial charge is 0.414 e. The summed E-state index contributed by atoms with van der Waals surface area (Å²) in [5.41, 5.74) is 1.04. The molecule has 0 bridgehead atoms. The lowest BCUT2D eigenvalue weighted by atomic mass is 10.0. The summed E-state index contributed by atoms with van der Waals surface area (Å²) in [6, 6.07) is 3.59. The number of esters is 1. The number of aromatic nitrogens is 1. The van der Waals surface area contributed by atoms with Crippen LogP contribution in [0.5, 0.6) is 0 Å². The van der Waals surface area contributed by atoms with E-state index in [9.17, 15) is 14.4 Å². The Bertz CT molecular complexity index is 985. The van der Waals surface area contributed by atoms with Gasteiger partial charge in [0, 0.05) is 24.7 Å². The van der Waals surface area contributed by atoms with Gasteiger partial charge >= 0.3 is 12.1 Å². The molecule has 0 spiro atoms. The number of pyridine rings is 1. The molecule has 1 aromatic heterocycles. The molecule has 1 aromatic carbocycles. The zero-order chi connectivity index (χ0) is 19.9. The van der Waals surface area contributed by atoms with Crippen molar-refractivity contribution in [1.29, 1.82) is 0 Å². The molecule has 7 nitrogen and oxygen atoms in total. The normalized spacial score (nSPS) is 13.6. The third-order valence-corrected chi connectivity index (χ3v) is 4.26. The molecule has 1 amide bonds. The van der Waals surface area contributed by atoms with Crippen LogP contribution in [0.25, 0.3) is 10.9 Å². The number of carbonyl (C=O) groups is 2. The van der Waals surface area contributed by atoms with Gasteiger partial charge in [0.15, 0.2) is 0 Å². The van der Waals surface area contributed by atoms with Gasteiger partial charge in [-0.05, 0) is 52.3 Å². The molecule has 0 radical (unpaired) electrons. The molecule has 0 fully saturated rings. The van der Waals surface area contributed by atoms with Crippen LogP contribution in [0.1, 0.15) is 43.6 Å². The Morgan fingerprint density at radius 1 is 1.19 bits per heavy atom. The maximum atomic E-state index is 12.9. The fraction of sp³-hybridized carbons (Fsp3) is 0.450. The molecule has 1 aliphatic heterocycles. The highest BCUT2D eigenvalue weighted by atomic mass is 16.6. The summed E-state index contributed by atoms with van der Waals surface area (Å²) in [6.07, 6.45) is 1.07. The third kappa shape index (κ3) is 3.54. The van der Waals surface area contributed by atoms with Gasteiger partial charge in [0.05, 0.1) is 17.8 Å². The van der Waals surface area contributed by atoms with E-state index < -0.39 is 23.1 Å². The molecule has 2 aromatic rings. The number of rotatable bonds is 2. The number of hydrogen-bond acceptors (Lipinski definition) is 5. The van der Waals surface area contributed by atoms with E-state index in [4.69, 9.17) is 9.47 Å². The Morgan fingerprint density at radius 2 is 1.89 bits per heavy atom. The van der Waals surface area contributed by atoms with Crippen molar-refractivity contribution in [2.75, 3.05) is 18.1 Å². The van der Waals surface area contributed by atoms with E-state index in [1.54, 1.807) is 17.9 Å². The summed E-state index contributed by atoms with van der Waals surface area (Å²) in [7, 11) is 0. The number of anilines is 1. The number of aryl methyl sites for hydroxylation is 1. The number of carbonyl (C=O) groups excluding carboxylic acids is 2. The lowest BCUT2D eigenvalue weighted by Gasteiger charge is -2.32. The molecule has 27 heavy (non-hydrogen) atoms. The maximum Gasteiger partial charge on any atom is 0.414 e. The van der Waals surface area contributed by atoms with Crippen LogP contribution in [0, 0.1) is 6.92 Å². The molecule has 0 atom stereocenters. The third-order valence-electron chi connectivity index (χ3n) is 4.26. The average molecular weight is 372 g/mol. The Hall–Kier alpha value is -2.83. The fourth-order valence-corrected chi connectivity index (χ4v) is 3.23. The first-order valence-corrected chi connectivity index (χ1v) is 8.98. The molecule has 0 unspecified atom stereocenters. The molecule has 0 saturated heterocycles. The highest BCUT2D eigenvalue weighted by Gasteiger charge is 2.30. The van der Waals surface area contributed by atoms with Crippen molar-refractivity contribution in [3.8, 4) is 0 Å². The molecular formula is C20H24N2O5. The maximum absolute atomic E-state index is 12.9. The molecule has 0 N–H and O–H groups in total. The quantitative estimate of drug-likeness (QED) is 0.756. The minimum Gasteiger partial charge on any atom is -0.462 e. The first kappa shape index (κ1) is 18.9. The molecule has 7 heteroatoms. The predicted molar refractivity (Wildman–Crippen MR) is 102 cm³/mol. The Labute approximate surface area is 157 Å². The van der Waals surface area contributed by atoms with Gasteiger partial charge in [-0.2, -0.15) is 0 Å². The Kier molecular flexibility index (Phi) is 4.71. The van der Waals surface area contributed by atoms with Crippen molar-refractivity contribution in [2.45, 2.75) is 46.8 Å². The second-order valence-corrected chi connectivity index (χ2v) is 7.60. The number of nitrogens with zero attached hydrogens (tertiary/aromatic N) is 2. The van der Waals surface area contributed by atoms with Gasteiger partial charge in [-0.25, -0.2) is 9.59 Å². The van der Waals surface area contributed by atoms with Crippen LogP contribution in [-0.4, -0.2) is 35.4 Å². The van der Waals surface area contributed by atoms with E-state index in [0.29, 0.717) is 29.7 Å². The summed E-state index contributed by atoms with van der Waals surface area (Å²) < 4.78 is 12.4. The summed E-state index contributed by atoms with van der Waals surface area (Å²) >= 11 is 0. The van der Waals surface area contributed by atoms with E-state index in [2.05, 4.69) is 0 Å². The van der Waals surface area contributed by atoms with Gasteiger partial charge in [0.1, 0.15) is 11.2 Å². The standard InChI is InChI=1S/C20H24N2O5/c1-6-26-18(24)14-11-21-7-8-22(19(25)27-20(3,4)5)15-10-12(2)9-13(16(15)21)17(14)23/h9-11H,6-8H2,1-5H3. The topological polar surface area (TPSA) is 77.8 Å². The van der Waals surface area contributed by atoms with Crippen molar-refractivity contribution >= 4 is 28.7 Å². The van der Waals surface area contributed by atoms with Crippen molar-refractivity contribution in [1.82, 2.24) is 4.57 Å². The van der Waals surface area contributed by atoms with Gasteiger partial charge in [0.25, 0.3) is 0 Å². The molecule has 2 heterocycles. The Morgan fingerprint density at radius 3 is 2.52 bits per heavy atom. The second kappa shape index (κ2) is 6.72. The monoisotopic (exact) mass is 372 g/mol. The van der Waals surface area contributed by atoms with Crippen molar-refractivity contribution in [2.24, 2.45) is 0 Å². The van der Waals surface area contributed by atoms with Crippen LogP contribution in [0.4, 0.5) is 10.5 Å². The molecular weight excluding hydrogens is 348 g/mol. The number of hydrogen-bond donors (Lipinski definition) is 0. The molecule has 3 rings (SSSR count). The van der Waals surface area contributed by atoms with Crippen molar-refractivity contribution < 1.29 is 19.1 Å². The van der Waals surface area contributed by atoms with Crippen molar-refractivity contribution in [3.05, 3.63) is 39.7 Å². The highest BCUT2D eigenvalue weighted by Crippen LogP contribution is 2.32. The van der Waals surface area contributed by atoms with Gasteiger partial charge < -0.3 is 14.0 Å². The highest BCUT2D eigenvalue weighted by molar-refractivity contribution is 6.03. The number of ether oxygens (including phenoxy) is 2. The molecule has 0 saturated carbocycles. The number of amides is 1. The Balaban J connectivity index is 2.19. The van der Waals surface area contributed by atoms with Crippen LogP contribution in [-0.2, 0) is 16.0 Å². The van der Waals surface area contributed by atoms with Crippen LogP contribution in [0.15, 0.2) is 23.1 Å². The van der Waals surface area contributed by atoms with E-state index in [0.717, 1.165) is 5.56 Å².